The Kier molecular flexibility index (Phi) is 5.09. The number of rotatable bonds is 7. The van der Waals surface area contributed by atoms with Gasteiger partial charge in [0.05, 0.1) is 18.2 Å². The molecule has 2 fully saturated rings. The fourth-order valence-corrected chi connectivity index (χ4v) is 5.76. The van der Waals surface area contributed by atoms with Crippen LogP contribution in [0.4, 0.5) is 5.82 Å². The van der Waals surface area contributed by atoms with Gasteiger partial charge >= 0.3 is 0 Å². The van der Waals surface area contributed by atoms with Gasteiger partial charge in [-0.05, 0) is 23.8 Å². The molecular formula is C25H25N7O3. The van der Waals surface area contributed by atoms with Gasteiger partial charge in [-0.1, -0.05) is 42.5 Å². The van der Waals surface area contributed by atoms with E-state index in [1.165, 1.54) is 17.6 Å². The zero-order valence-electron chi connectivity index (χ0n) is 19.0. The number of carbonyl (C=O) groups is 3. The molecule has 3 aromatic rings. The Bertz CT molecular complexity index is 1320. The summed E-state index contributed by atoms with van der Waals surface area (Å²) in [6, 6.07) is 9.64. The maximum Gasteiger partial charge on any atom is 0.242 e. The van der Waals surface area contributed by atoms with E-state index < -0.39 is 0 Å². The van der Waals surface area contributed by atoms with Crippen LogP contribution in [0.15, 0.2) is 55.1 Å². The summed E-state index contributed by atoms with van der Waals surface area (Å²) < 4.78 is 1.63. The highest BCUT2D eigenvalue weighted by Crippen LogP contribution is 2.52. The number of carbonyl (C=O) groups excluding carboxylic acids is 3. The third-order valence-electron chi connectivity index (χ3n) is 7.46. The lowest BCUT2D eigenvalue weighted by atomic mass is 9.85. The third-order valence-corrected chi connectivity index (χ3v) is 7.46. The number of nitrogens with two attached hydrogens (primary N) is 1. The number of anilines is 1. The van der Waals surface area contributed by atoms with Crippen molar-refractivity contribution in [2.45, 2.75) is 19.5 Å². The molecule has 3 aliphatic rings. The normalized spacial score (nSPS) is 24.5. The molecule has 2 N–H and O–H groups in total. The predicted molar refractivity (Wildman–Crippen MR) is 126 cm³/mol. The van der Waals surface area contributed by atoms with Crippen molar-refractivity contribution in [1.29, 1.82) is 0 Å². The van der Waals surface area contributed by atoms with Crippen LogP contribution in [-0.4, -0.2) is 60.1 Å². The van der Waals surface area contributed by atoms with Crippen molar-refractivity contribution >= 4 is 34.7 Å². The molecular weight excluding hydrogens is 446 g/mol. The van der Waals surface area contributed by atoms with Crippen molar-refractivity contribution in [3.63, 3.8) is 0 Å². The van der Waals surface area contributed by atoms with E-state index in [1.54, 1.807) is 9.47 Å². The molecule has 0 unspecified atom stereocenters. The first-order chi connectivity index (χ1) is 17.0. The Morgan fingerprint density at radius 1 is 1.03 bits per heavy atom. The number of imide groups is 1. The molecule has 6 rings (SSSR count). The fraction of sp³-hybridized carbons (Fsp3) is 0.360. The van der Waals surface area contributed by atoms with Gasteiger partial charge in [-0.2, -0.15) is 0 Å². The van der Waals surface area contributed by atoms with Crippen LogP contribution in [0.2, 0.25) is 0 Å². The molecule has 1 aromatic carbocycles. The Morgan fingerprint density at radius 2 is 1.74 bits per heavy atom. The molecule has 10 heteroatoms. The molecule has 2 aromatic heterocycles. The van der Waals surface area contributed by atoms with Crippen molar-refractivity contribution < 1.29 is 14.4 Å². The molecule has 1 saturated heterocycles. The van der Waals surface area contributed by atoms with E-state index in [4.69, 9.17) is 5.73 Å². The number of nitrogen functional groups attached to an aromatic ring is 1. The van der Waals surface area contributed by atoms with Gasteiger partial charge in [0.25, 0.3) is 0 Å². The summed E-state index contributed by atoms with van der Waals surface area (Å²) in [5, 5.41) is 0. The van der Waals surface area contributed by atoms with Crippen molar-refractivity contribution in [2.24, 2.45) is 23.7 Å². The molecule has 178 valence electrons. The summed E-state index contributed by atoms with van der Waals surface area (Å²) >= 11 is 0. The number of benzene rings is 1. The summed E-state index contributed by atoms with van der Waals surface area (Å²) in [5.41, 5.74) is 7.75. The molecule has 1 saturated carbocycles. The quantitative estimate of drug-likeness (QED) is 0.406. The lowest BCUT2D eigenvalue weighted by Gasteiger charge is -2.26. The minimum atomic E-state index is -0.238. The van der Waals surface area contributed by atoms with Gasteiger partial charge in [0, 0.05) is 19.6 Å². The van der Waals surface area contributed by atoms with Crippen LogP contribution < -0.4 is 5.73 Å². The van der Waals surface area contributed by atoms with Crippen LogP contribution in [0.25, 0.3) is 11.2 Å². The van der Waals surface area contributed by atoms with Gasteiger partial charge in [0.15, 0.2) is 11.5 Å². The molecule has 3 heterocycles. The molecule has 0 radical (unpaired) electrons. The zero-order chi connectivity index (χ0) is 24.1. The number of fused-ring (bicyclic) bond motifs is 6. The van der Waals surface area contributed by atoms with Crippen molar-refractivity contribution in [3.8, 4) is 0 Å². The number of aromatic nitrogens is 4. The first kappa shape index (κ1) is 21.5. The largest absolute Gasteiger partial charge is 0.382 e. The smallest absolute Gasteiger partial charge is 0.242 e. The van der Waals surface area contributed by atoms with Crippen LogP contribution in [0, 0.1) is 23.7 Å². The molecule has 2 aliphatic carbocycles. The first-order valence-corrected chi connectivity index (χ1v) is 11.8. The maximum atomic E-state index is 13.4. The number of hydrogen-bond donors (Lipinski definition) is 1. The van der Waals surface area contributed by atoms with Gasteiger partial charge in [0.1, 0.15) is 18.4 Å². The molecule has 1 aliphatic heterocycles. The SMILES string of the molecule is Nc1ncnc2c1ncn2CC(=O)N(CCN1C(=O)[C@@H]2[C@H](C1=O)[C@H]1C=C[C@@H]2C1)Cc1ccccc1. The number of nitrogens with zero attached hydrogens (tertiary/aromatic N) is 6. The Morgan fingerprint density at radius 3 is 2.46 bits per heavy atom. The molecule has 35 heavy (non-hydrogen) atoms. The summed E-state index contributed by atoms with van der Waals surface area (Å²) in [4.78, 5) is 55.0. The number of amides is 3. The summed E-state index contributed by atoms with van der Waals surface area (Å²) in [5.74, 6) is -0.270. The topological polar surface area (TPSA) is 127 Å². The standard InChI is InChI=1S/C25H25N7O3/c26-22-21-23(28-13-27-22)31(14-29-21)12-18(33)30(11-15-4-2-1-3-5-15)8-9-32-24(34)19-16-6-7-17(10-16)20(19)25(32)35/h1-7,13-14,16-17,19-20H,8-12H2,(H2,26,27,28)/t16-,17+,19+,20-. The fourth-order valence-electron chi connectivity index (χ4n) is 5.76. The minimum absolute atomic E-state index is 0.000990. The Hall–Kier alpha value is -4.08. The predicted octanol–water partition coefficient (Wildman–Crippen LogP) is 1.24. The lowest BCUT2D eigenvalue weighted by Crippen LogP contribution is -2.42. The summed E-state index contributed by atoms with van der Waals surface area (Å²) in [7, 11) is 0. The van der Waals surface area contributed by atoms with E-state index in [2.05, 4.69) is 27.1 Å². The molecule has 10 nitrogen and oxygen atoms in total. The molecule has 3 amide bonds. The van der Waals surface area contributed by atoms with E-state index in [0.29, 0.717) is 17.7 Å². The van der Waals surface area contributed by atoms with Gasteiger partial charge in [-0.25, -0.2) is 15.0 Å². The monoisotopic (exact) mass is 471 g/mol. The third kappa shape index (κ3) is 3.56. The Labute approximate surface area is 201 Å². The van der Waals surface area contributed by atoms with Crippen LogP contribution in [-0.2, 0) is 27.5 Å². The average molecular weight is 472 g/mol. The van der Waals surface area contributed by atoms with Crippen molar-refractivity contribution in [2.75, 3.05) is 18.8 Å². The summed E-state index contributed by atoms with van der Waals surface area (Å²) in [6.07, 6.45) is 7.92. The van der Waals surface area contributed by atoms with Gasteiger partial charge in [-0.3, -0.25) is 19.3 Å². The highest BCUT2D eigenvalue weighted by Gasteiger charge is 2.59. The Balaban J connectivity index is 1.21. The van der Waals surface area contributed by atoms with E-state index in [9.17, 15) is 14.4 Å². The average Bonchev–Trinajstić information content (AvgIpc) is 3.63. The second-order valence-corrected chi connectivity index (χ2v) is 9.43. The number of imidazole rings is 1. The van der Waals surface area contributed by atoms with E-state index in [1.807, 2.05) is 30.3 Å². The minimum Gasteiger partial charge on any atom is -0.382 e. The first-order valence-electron chi connectivity index (χ1n) is 11.8. The molecule has 4 atom stereocenters. The highest BCUT2D eigenvalue weighted by molar-refractivity contribution is 6.06. The van der Waals surface area contributed by atoms with E-state index in [-0.39, 0.29) is 66.8 Å². The van der Waals surface area contributed by atoms with Gasteiger partial charge in [0.2, 0.25) is 17.7 Å². The molecule has 0 spiro atoms. The second-order valence-electron chi connectivity index (χ2n) is 9.43. The van der Waals surface area contributed by atoms with Gasteiger partial charge in [-0.15, -0.1) is 0 Å². The molecule has 2 bridgehead atoms. The van der Waals surface area contributed by atoms with E-state index >= 15 is 0 Å². The number of allylic oxidation sites excluding steroid dienone is 2. The van der Waals surface area contributed by atoms with Crippen LogP contribution >= 0.6 is 0 Å². The summed E-state index contributed by atoms with van der Waals surface area (Å²) in [6.45, 7) is 0.792. The number of hydrogen-bond acceptors (Lipinski definition) is 7. The van der Waals surface area contributed by atoms with Crippen LogP contribution in [0.5, 0.6) is 0 Å². The second kappa shape index (κ2) is 8.30. The van der Waals surface area contributed by atoms with E-state index in [0.717, 1.165) is 12.0 Å². The number of likely N-dealkylation sites (tertiary alicyclic amines) is 1. The van der Waals surface area contributed by atoms with Crippen LogP contribution in [0.1, 0.15) is 12.0 Å². The zero-order valence-corrected chi connectivity index (χ0v) is 19.0. The maximum absolute atomic E-state index is 13.4. The van der Waals surface area contributed by atoms with Crippen molar-refractivity contribution in [1.82, 2.24) is 29.3 Å². The van der Waals surface area contributed by atoms with Gasteiger partial charge < -0.3 is 15.2 Å². The van der Waals surface area contributed by atoms with Crippen LogP contribution in [0.3, 0.4) is 0 Å². The lowest BCUT2D eigenvalue weighted by molar-refractivity contribution is -0.142. The van der Waals surface area contributed by atoms with Crippen molar-refractivity contribution in [3.05, 3.63) is 60.7 Å². The highest BCUT2D eigenvalue weighted by atomic mass is 16.2.